The molecule has 0 saturated heterocycles. The van der Waals surface area contributed by atoms with Crippen LogP contribution in [-0.4, -0.2) is 14.2 Å². The van der Waals surface area contributed by atoms with Gasteiger partial charge >= 0.3 is 5.63 Å². The van der Waals surface area contributed by atoms with Crippen LogP contribution in [0.1, 0.15) is 26.3 Å². The Kier molecular flexibility index (Phi) is 5.42. The minimum atomic E-state index is -0.346. The van der Waals surface area contributed by atoms with E-state index in [0.717, 1.165) is 17.4 Å². The van der Waals surface area contributed by atoms with Crippen LogP contribution in [0.25, 0.3) is 11.0 Å². The molecule has 1 aromatic heterocycles. The van der Waals surface area contributed by atoms with Crippen LogP contribution in [0.4, 0.5) is 0 Å². The first-order valence-corrected chi connectivity index (χ1v) is 6.38. The van der Waals surface area contributed by atoms with Crippen LogP contribution >= 0.6 is 0 Å². The normalized spacial score (nSPS) is 9.74. The van der Waals surface area contributed by atoms with Crippen molar-refractivity contribution in [1.82, 2.24) is 0 Å². The first-order valence-electron chi connectivity index (χ1n) is 6.38. The van der Waals surface area contributed by atoms with Crippen molar-refractivity contribution in [2.75, 3.05) is 14.2 Å². The SMILES string of the molecule is CC.CCc1cc(=O)oc2cc(OC)c(OC)cc12. The molecule has 104 valence electrons. The molecule has 0 aliphatic rings. The fraction of sp³-hybridized carbons (Fsp3) is 0.400. The Bertz CT molecular complexity index is 599. The van der Waals surface area contributed by atoms with Gasteiger partial charge in [0.1, 0.15) is 5.58 Å². The smallest absolute Gasteiger partial charge is 0.336 e. The number of aryl methyl sites for hydroxylation is 1. The predicted molar refractivity (Wildman–Crippen MR) is 76.3 cm³/mol. The van der Waals surface area contributed by atoms with E-state index < -0.39 is 0 Å². The van der Waals surface area contributed by atoms with Gasteiger partial charge in [0.2, 0.25) is 0 Å². The van der Waals surface area contributed by atoms with Crippen molar-refractivity contribution in [2.24, 2.45) is 0 Å². The largest absolute Gasteiger partial charge is 0.493 e. The molecule has 0 amide bonds. The zero-order valence-electron chi connectivity index (χ0n) is 12.1. The molecule has 0 unspecified atom stereocenters. The standard InChI is InChI=1S/C13H14O4.C2H6/c1-4-8-5-13(14)17-10-7-12(16-3)11(15-2)6-9(8)10;1-2/h5-7H,4H2,1-3H3;1-2H3. The monoisotopic (exact) mass is 264 g/mol. The minimum Gasteiger partial charge on any atom is -0.493 e. The van der Waals surface area contributed by atoms with Crippen molar-refractivity contribution in [3.8, 4) is 11.5 Å². The Hall–Kier alpha value is -1.97. The van der Waals surface area contributed by atoms with Crippen molar-refractivity contribution in [2.45, 2.75) is 27.2 Å². The third-order valence-corrected chi connectivity index (χ3v) is 2.72. The highest BCUT2D eigenvalue weighted by Gasteiger charge is 2.10. The molecular formula is C15H20O4. The maximum Gasteiger partial charge on any atom is 0.336 e. The molecule has 1 aromatic carbocycles. The lowest BCUT2D eigenvalue weighted by molar-refractivity contribution is 0.355. The lowest BCUT2D eigenvalue weighted by Crippen LogP contribution is -2.01. The van der Waals surface area contributed by atoms with Crippen LogP contribution in [0, 0.1) is 0 Å². The van der Waals surface area contributed by atoms with Gasteiger partial charge in [0.05, 0.1) is 14.2 Å². The van der Waals surface area contributed by atoms with E-state index in [-0.39, 0.29) is 5.63 Å². The van der Waals surface area contributed by atoms with Crippen molar-refractivity contribution in [3.05, 3.63) is 34.2 Å². The summed E-state index contributed by atoms with van der Waals surface area (Å²) in [5, 5.41) is 0.879. The quantitative estimate of drug-likeness (QED) is 0.797. The average Bonchev–Trinajstić information content (AvgIpc) is 2.46. The first kappa shape index (κ1) is 15.1. The predicted octanol–water partition coefficient (Wildman–Crippen LogP) is 3.40. The molecular weight excluding hydrogens is 244 g/mol. The van der Waals surface area contributed by atoms with E-state index in [4.69, 9.17) is 13.9 Å². The van der Waals surface area contributed by atoms with Crippen molar-refractivity contribution in [1.29, 1.82) is 0 Å². The van der Waals surface area contributed by atoms with Crippen molar-refractivity contribution in [3.63, 3.8) is 0 Å². The van der Waals surface area contributed by atoms with Crippen molar-refractivity contribution < 1.29 is 13.9 Å². The van der Waals surface area contributed by atoms with Gasteiger partial charge in [0.15, 0.2) is 11.5 Å². The minimum absolute atomic E-state index is 0.346. The molecule has 1 heterocycles. The summed E-state index contributed by atoms with van der Waals surface area (Å²) in [6.07, 6.45) is 0.761. The molecule has 0 N–H and O–H groups in total. The van der Waals surface area contributed by atoms with Gasteiger partial charge in [-0.05, 0) is 18.1 Å². The summed E-state index contributed by atoms with van der Waals surface area (Å²) in [6, 6.07) is 5.01. The van der Waals surface area contributed by atoms with E-state index >= 15 is 0 Å². The molecule has 0 radical (unpaired) electrons. The van der Waals surface area contributed by atoms with Crippen LogP contribution < -0.4 is 15.1 Å². The van der Waals surface area contributed by atoms with Gasteiger partial charge in [0, 0.05) is 17.5 Å². The summed E-state index contributed by atoms with van der Waals surface area (Å²) in [5.74, 6) is 1.18. The second-order valence-corrected chi connectivity index (χ2v) is 3.65. The fourth-order valence-electron chi connectivity index (χ4n) is 1.85. The van der Waals surface area contributed by atoms with Crippen LogP contribution in [-0.2, 0) is 6.42 Å². The number of methoxy groups -OCH3 is 2. The van der Waals surface area contributed by atoms with Gasteiger partial charge in [-0.1, -0.05) is 20.8 Å². The molecule has 0 atom stereocenters. The molecule has 0 fully saturated rings. The van der Waals surface area contributed by atoms with Gasteiger partial charge in [-0.15, -0.1) is 0 Å². The first-order chi connectivity index (χ1) is 9.19. The summed E-state index contributed by atoms with van der Waals surface area (Å²) in [5.41, 5.74) is 1.12. The molecule has 0 saturated carbocycles. The molecule has 4 heteroatoms. The van der Waals surface area contributed by atoms with Crippen LogP contribution in [0.5, 0.6) is 11.5 Å². The highest BCUT2D eigenvalue weighted by atomic mass is 16.5. The molecule has 2 aromatic rings. The highest BCUT2D eigenvalue weighted by molar-refractivity contribution is 5.84. The van der Waals surface area contributed by atoms with E-state index in [1.165, 1.54) is 6.07 Å². The van der Waals surface area contributed by atoms with Gasteiger partial charge in [-0.2, -0.15) is 0 Å². The average molecular weight is 264 g/mol. The Balaban J connectivity index is 0.000000861. The number of rotatable bonds is 3. The second kappa shape index (κ2) is 6.83. The van der Waals surface area contributed by atoms with Crippen molar-refractivity contribution >= 4 is 11.0 Å². The lowest BCUT2D eigenvalue weighted by Gasteiger charge is -2.10. The maximum absolute atomic E-state index is 11.4. The molecule has 0 aliphatic carbocycles. The third-order valence-electron chi connectivity index (χ3n) is 2.72. The van der Waals surface area contributed by atoms with Crippen LogP contribution in [0.15, 0.2) is 27.4 Å². The van der Waals surface area contributed by atoms with E-state index in [0.29, 0.717) is 17.1 Å². The zero-order chi connectivity index (χ0) is 14.4. The number of hydrogen-bond acceptors (Lipinski definition) is 4. The molecule has 0 aliphatic heterocycles. The van der Waals surface area contributed by atoms with Gasteiger partial charge in [-0.3, -0.25) is 0 Å². The second-order valence-electron chi connectivity index (χ2n) is 3.65. The summed E-state index contributed by atoms with van der Waals surface area (Å²) < 4.78 is 15.6. The van der Waals surface area contributed by atoms with Gasteiger partial charge in [-0.25, -0.2) is 4.79 Å². The Morgan fingerprint density at radius 1 is 1.05 bits per heavy atom. The van der Waals surface area contributed by atoms with Gasteiger partial charge in [0.25, 0.3) is 0 Å². The number of hydrogen-bond donors (Lipinski definition) is 0. The number of benzene rings is 1. The van der Waals surface area contributed by atoms with E-state index in [2.05, 4.69) is 0 Å². The Labute approximate surface area is 113 Å². The summed E-state index contributed by atoms with van der Waals surface area (Å²) in [7, 11) is 3.12. The summed E-state index contributed by atoms with van der Waals surface area (Å²) in [6.45, 7) is 5.99. The molecule has 2 rings (SSSR count). The topological polar surface area (TPSA) is 48.7 Å². The lowest BCUT2D eigenvalue weighted by atomic mass is 10.1. The molecule has 0 bridgehead atoms. The van der Waals surface area contributed by atoms with E-state index in [9.17, 15) is 4.79 Å². The van der Waals surface area contributed by atoms with E-state index in [1.807, 2.05) is 26.8 Å². The maximum atomic E-state index is 11.4. The Morgan fingerprint density at radius 2 is 1.63 bits per heavy atom. The Morgan fingerprint density at radius 3 is 2.16 bits per heavy atom. The number of fused-ring (bicyclic) bond motifs is 1. The van der Waals surface area contributed by atoms with E-state index in [1.54, 1.807) is 20.3 Å². The summed E-state index contributed by atoms with van der Waals surface area (Å²) >= 11 is 0. The summed E-state index contributed by atoms with van der Waals surface area (Å²) in [4.78, 5) is 11.4. The van der Waals surface area contributed by atoms with Crippen LogP contribution in [0.3, 0.4) is 0 Å². The molecule has 4 nitrogen and oxygen atoms in total. The molecule has 0 spiro atoms. The van der Waals surface area contributed by atoms with Gasteiger partial charge < -0.3 is 13.9 Å². The zero-order valence-corrected chi connectivity index (χ0v) is 12.1. The fourth-order valence-corrected chi connectivity index (χ4v) is 1.85. The van der Waals surface area contributed by atoms with Crippen LogP contribution in [0.2, 0.25) is 0 Å². The molecule has 19 heavy (non-hydrogen) atoms. The number of ether oxygens (including phenoxy) is 2. The third kappa shape index (κ3) is 3.08. The highest BCUT2D eigenvalue weighted by Crippen LogP contribution is 2.32.